The molecule has 2 radical (unpaired) electrons. The molecule has 0 saturated heterocycles. The minimum atomic E-state index is 0. The summed E-state index contributed by atoms with van der Waals surface area (Å²) in [6, 6.07) is 0. The van der Waals surface area contributed by atoms with E-state index in [0.717, 1.165) is 0 Å². The van der Waals surface area contributed by atoms with E-state index in [-0.39, 0.29) is 116 Å². The third-order valence-electron chi connectivity index (χ3n) is 0. The van der Waals surface area contributed by atoms with Crippen LogP contribution in [0, 0.1) is 142 Å². The molecule has 0 aliphatic heterocycles. The van der Waals surface area contributed by atoms with Gasteiger partial charge in [0.25, 0.3) is 0 Å². The van der Waals surface area contributed by atoms with Crippen molar-refractivity contribution in [2.45, 2.75) is 0 Å². The van der Waals surface area contributed by atoms with Gasteiger partial charge in [-0.1, -0.05) is 0 Å². The van der Waals surface area contributed by atoms with Crippen molar-refractivity contribution in [2.24, 2.45) is 0 Å². The van der Waals surface area contributed by atoms with Gasteiger partial charge < -0.3 is 143 Å². The minimum Gasteiger partial charge on any atom is -1.00 e. The number of nitrogens with zero attached hydrogens (tertiary/aromatic N) is 12. The second kappa shape index (κ2) is 2700. The first-order valence-electron chi connectivity index (χ1n) is 2.68. The van der Waals surface area contributed by atoms with Crippen LogP contribution in [0.1, 0.15) is 1.43 Å². The van der Waals surface area contributed by atoms with Crippen molar-refractivity contribution in [3.8, 4) is 0 Å². The summed E-state index contributed by atoms with van der Waals surface area (Å²) in [6.45, 7) is 57.0. The smallest absolute Gasteiger partial charge is 1.00 e. The zero-order valence-electron chi connectivity index (χ0n) is 15.1. The third kappa shape index (κ3) is 2400. The molecule has 0 bridgehead atoms. The van der Waals surface area contributed by atoms with Gasteiger partial charge in [-0.2, -0.15) is 0 Å². The Labute approximate surface area is 255 Å². The van der Waals surface area contributed by atoms with E-state index in [1.54, 1.807) is 0 Å². The molecule has 0 aliphatic rings. The molecule has 0 unspecified atom stereocenters. The van der Waals surface area contributed by atoms with Crippen molar-refractivity contribution in [3.63, 3.8) is 0 Å². The van der Waals surface area contributed by atoms with Crippen LogP contribution in [0.5, 0.6) is 0 Å². The maximum atomic E-state index is 6.25. The summed E-state index contributed by atoms with van der Waals surface area (Å²) in [5, 5.41) is 75.0. The summed E-state index contributed by atoms with van der Waals surface area (Å²) in [4.78, 5) is 0. The van der Waals surface area contributed by atoms with E-state index in [4.69, 9.17) is 142 Å². The van der Waals surface area contributed by atoms with Gasteiger partial charge in [-0.25, -0.2) is 0 Å². The van der Waals surface area contributed by atoms with Crippen molar-refractivity contribution >= 4 is 0 Å². The van der Waals surface area contributed by atoms with Crippen LogP contribution in [-0.4, -0.2) is 0 Å². The number of hydrogen-bond donors (Lipinski definition) is 0. The van der Waals surface area contributed by atoms with Gasteiger partial charge in [0.2, 0.25) is 0 Å². The fourth-order valence-corrected chi connectivity index (χ4v) is 0. The second-order valence-corrected chi connectivity index (χ2v) is 0. The second-order valence-electron chi connectivity index (χ2n) is 0. The van der Waals surface area contributed by atoms with Crippen LogP contribution < -0.4 is 29.6 Å². The van der Waals surface area contributed by atoms with E-state index in [9.17, 15) is 0 Å². The van der Waals surface area contributed by atoms with Crippen molar-refractivity contribution in [3.05, 3.63) is 78.9 Å². The van der Waals surface area contributed by atoms with E-state index < -0.39 is 0 Å². The van der Waals surface area contributed by atoms with Crippen LogP contribution >= 0.6 is 0 Å². The van der Waals surface area contributed by atoms with E-state index >= 15 is 0 Å². The average molecular weight is 615 g/mol. The summed E-state index contributed by atoms with van der Waals surface area (Å²) in [5.74, 6) is 0. The molecule has 0 spiro atoms. The van der Waals surface area contributed by atoms with Crippen LogP contribution in [0.15, 0.2) is 0 Å². The zero-order chi connectivity index (χ0) is 24.0. The molecule has 150 valence electrons. The molecular weight excluding hydrogens is 614 g/mol. The molecule has 0 fully saturated rings. The molecule has 18 heteroatoms. The Kier molecular flexibility index (Phi) is 19300. The van der Waals surface area contributed by atoms with E-state index in [1.807, 2.05) is 0 Å². The van der Waals surface area contributed by atoms with Crippen molar-refractivity contribution in [1.82, 2.24) is 0 Å². The van der Waals surface area contributed by atoms with Gasteiger partial charge in [-0.15, -0.1) is 0 Å². The summed E-state index contributed by atoms with van der Waals surface area (Å²) in [6.07, 6.45) is 0. The summed E-state index contributed by atoms with van der Waals surface area (Å²) in [5.41, 5.74) is 0. The first-order chi connectivity index (χ1) is 12.0. The molecule has 0 atom stereocenters. The fourth-order valence-electron chi connectivity index (χ4n) is 0. The Morgan fingerprint density at radius 1 is 0.233 bits per heavy atom. The Morgan fingerprint density at radius 3 is 0.233 bits per heavy atom. The average Bonchev–Trinajstić information content (AvgIpc) is 2.84. The normalized spacial score (nSPS) is 0.800. The summed E-state index contributed by atoms with van der Waals surface area (Å²) < 4.78 is 0. The first kappa shape index (κ1) is 214. The topological polar surface area (TPSA) is 285 Å². The van der Waals surface area contributed by atoms with Gasteiger partial charge in [0.15, 0.2) is 0 Å². The van der Waals surface area contributed by atoms with E-state index in [0.29, 0.717) is 0 Å². The monoisotopic (exact) mass is 616 g/mol. The predicted molar refractivity (Wildman–Crippen MR) is 60.7 cm³/mol. The van der Waals surface area contributed by atoms with Crippen molar-refractivity contribution < 1.29 is 116 Å². The summed E-state index contributed by atoms with van der Waals surface area (Å²) in [7, 11) is 0. The molecule has 0 aromatic heterocycles. The molecule has 0 amide bonds. The molecule has 12 nitrogen and oxygen atoms in total. The molecule has 0 aromatic rings. The minimum absolute atomic E-state index is 0. The quantitative estimate of drug-likeness (QED) is 0.217. The number of hydrogen-bond acceptors (Lipinski definition) is 12. The fraction of sp³-hybridized carbons (Fsp3) is 0. The van der Waals surface area contributed by atoms with Crippen LogP contribution in [0.3, 0.4) is 0 Å². The Hall–Kier alpha value is -2.52. The van der Waals surface area contributed by atoms with Crippen LogP contribution in [0.4, 0.5) is 0 Å². The Balaban J connectivity index is -0.00000000292. The maximum Gasteiger partial charge on any atom is 3.00 e. The zero-order valence-corrected chi connectivity index (χ0v) is 21.7. The first-order valence-corrected chi connectivity index (χ1v) is 2.68. The van der Waals surface area contributed by atoms with Gasteiger partial charge in [0.1, 0.15) is 0 Å². The maximum absolute atomic E-state index is 6.25. The molecule has 0 heterocycles. The molecule has 0 rings (SSSR count). The van der Waals surface area contributed by atoms with Gasteiger partial charge in [-0.3, -0.25) is 0 Å². The van der Waals surface area contributed by atoms with Crippen LogP contribution in [0.2, 0.25) is 0 Å². The molecule has 0 saturated carbocycles. The largest absolute Gasteiger partial charge is 3.00 e. The van der Waals surface area contributed by atoms with E-state index in [2.05, 4.69) is 0 Å². The predicted octanol–water partition coefficient (Wildman–Crippen LogP) is -1.74. The Bertz CT molecular complexity index is 242. The standard InChI is InChI=1S/12CN.5Fe.Na.H/c12*1-2;;;;;;;/q12*-1;3*+2;2*+3;+1;-1. The van der Waals surface area contributed by atoms with Gasteiger partial charge in [-0.05, 0) is 0 Å². The molecular formula is C12HFe5N12Na. The van der Waals surface area contributed by atoms with Gasteiger partial charge in [0.05, 0.1) is 0 Å². The van der Waals surface area contributed by atoms with Crippen molar-refractivity contribution in [1.29, 1.82) is 63.1 Å². The van der Waals surface area contributed by atoms with Gasteiger partial charge >= 0.3 is 115 Å². The van der Waals surface area contributed by atoms with Crippen LogP contribution in [0.25, 0.3) is 0 Å². The molecule has 0 aromatic carbocycles. The van der Waals surface area contributed by atoms with E-state index in [1.165, 1.54) is 0 Å². The van der Waals surface area contributed by atoms with Crippen LogP contribution in [-0.2, 0) is 85.3 Å². The van der Waals surface area contributed by atoms with Gasteiger partial charge in [0, 0.05) is 0 Å². The Morgan fingerprint density at radius 2 is 0.233 bits per heavy atom. The molecule has 0 aliphatic carbocycles. The van der Waals surface area contributed by atoms with Crippen molar-refractivity contribution in [2.75, 3.05) is 0 Å². The number of rotatable bonds is 0. The summed E-state index contributed by atoms with van der Waals surface area (Å²) >= 11 is 0. The SMILES string of the molecule is [C-]#N.[C-]#N.[C-]#N.[C-]#N.[C-]#N.[C-]#N.[C-]#N.[C-]#N.[C-]#N.[C-]#N.[C-]#N.[C-]#N.[Fe+2].[Fe+2].[Fe+2].[Fe+3].[Fe+3].[H-].[Na+]. The molecule has 30 heavy (non-hydrogen) atoms. The third-order valence-corrected chi connectivity index (χ3v) is 0. The molecule has 0 N–H and O–H groups in total.